The van der Waals surface area contributed by atoms with Gasteiger partial charge in [0.15, 0.2) is 17.3 Å². The summed E-state index contributed by atoms with van der Waals surface area (Å²) in [5.41, 5.74) is 1.89. The minimum Gasteiger partial charge on any atom is -0.298 e. The van der Waals surface area contributed by atoms with Crippen molar-refractivity contribution < 1.29 is 14.4 Å². The minimum atomic E-state index is -1.46. The Morgan fingerprint density at radius 2 is 1.44 bits per heavy atom. The molecular formula is C27H20N2O3. The zero-order chi connectivity index (χ0) is 22.0. The smallest absolute Gasteiger partial charge is 0.180 e. The number of nitrogens with zero attached hydrogens (tertiary/aromatic N) is 2. The summed E-state index contributed by atoms with van der Waals surface area (Å²) in [5.74, 6) is -1.22. The van der Waals surface area contributed by atoms with Gasteiger partial charge in [-0.25, -0.2) is 0 Å². The quantitative estimate of drug-likeness (QED) is 0.583. The fraction of sp³-hybridized carbons (Fsp3) is 0.185. The van der Waals surface area contributed by atoms with Crippen molar-refractivity contribution in [1.82, 2.24) is 5.01 Å². The topological polar surface area (TPSA) is 66.8 Å². The zero-order valence-corrected chi connectivity index (χ0v) is 17.4. The number of rotatable bonds is 2. The number of hydrogen-bond acceptors (Lipinski definition) is 5. The number of carbonyl (C=O) groups excluding carboxylic acids is 3. The van der Waals surface area contributed by atoms with Crippen molar-refractivity contribution in [1.29, 1.82) is 0 Å². The van der Waals surface area contributed by atoms with Crippen molar-refractivity contribution in [2.24, 2.45) is 10.5 Å². The standard InChI is InChI=1S/C27H20N2O3/c1-16(30)23-22(17-9-3-2-4-10-17)27(25(31)20-13-7-8-14-21(20)26(27)32)24-19-12-6-5-11-18(19)15-28-29(23)24/h2-15,22-24H,1H3/t22-,23-,24?/m1/s1. The summed E-state index contributed by atoms with van der Waals surface area (Å²) in [7, 11) is 0. The average Bonchev–Trinajstić information content (AvgIpc) is 3.26. The zero-order valence-electron chi connectivity index (χ0n) is 17.4. The molecule has 1 aliphatic carbocycles. The minimum absolute atomic E-state index is 0.117. The predicted octanol–water partition coefficient (Wildman–Crippen LogP) is 4.20. The first-order valence-electron chi connectivity index (χ1n) is 10.7. The summed E-state index contributed by atoms with van der Waals surface area (Å²) in [4.78, 5) is 41.6. The van der Waals surface area contributed by atoms with Crippen LogP contribution < -0.4 is 0 Å². The van der Waals surface area contributed by atoms with Crippen molar-refractivity contribution in [3.8, 4) is 0 Å². The molecule has 3 atom stereocenters. The highest BCUT2D eigenvalue weighted by molar-refractivity contribution is 6.31. The maximum absolute atomic E-state index is 14.2. The molecular weight excluding hydrogens is 400 g/mol. The Bertz CT molecular complexity index is 1290. The number of carbonyl (C=O) groups is 3. The molecule has 1 spiro atoms. The molecule has 32 heavy (non-hydrogen) atoms. The van der Waals surface area contributed by atoms with Crippen LogP contribution in [0.1, 0.15) is 56.3 Å². The molecule has 5 heteroatoms. The van der Waals surface area contributed by atoms with Crippen LogP contribution in [0.3, 0.4) is 0 Å². The van der Waals surface area contributed by atoms with Gasteiger partial charge in [0, 0.05) is 17.0 Å². The van der Waals surface area contributed by atoms with Crippen LogP contribution in [-0.2, 0) is 4.79 Å². The number of hydrogen-bond donors (Lipinski definition) is 0. The molecule has 5 nitrogen and oxygen atoms in total. The number of fused-ring (bicyclic) bond motifs is 5. The Morgan fingerprint density at radius 3 is 2.09 bits per heavy atom. The summed E-state index contributed by atoms with van der Waals surface area (Å²) >= 11 is 0. The molecule has 0 aromatic heterocycles. The number of benzene rings is 3. The monoisotopic (exact) mass is 420 g/mol. The molecule has 3 aromatic rings. The average molecular weight is 420 g/mol. The largest absolute Gasteiger partial charge is 0.298 e. The maximum atomic E-state index is 14.2. The van der Waals surface area contributed by atoms with Gasteiger partial charge in [-0.1, -0.05) is 78.9 Å². The highest BCUT2D eigenvalue weighted by Crippen LogP contribution is 2.64. The second-order valence-corrected chi connectivity index (χ2v) is 8.67. The van der Waals surface area contributed by atoms with E-state index in [0.717, 1.165) is 16.7 Å². The molecule has 0 bridgehead atoms. The summed E-state index contributed by atoms with van der Waals surface area (Å²) in [6.45, 7) is 1.52. The Balaban J connectivity index is 1.72. The summed E-state index contributed by atoms with van der Waals surface area (Å²) in [6.07, 6.45) is 1.72. The molecule has 2 heterocycles. The molecule has 2 aliphatic heterocycles. The van der Waals surface area contributed by atoms with Crippen LogP contribution in [-0.4, -0.2) is 34.6 Å². The lowest BCUT2D eigenvalue weighted by Gasteiger charge is -2.36. The SMILES string of the molecule is CC(=O)[C@@H]1[C@@H](c2ccccc2)C2(C(=O)c3ccccc3C2=O)C2c3ccccc3C=NN21. The molecule has 0 amide bonds. The Morgan fingerprint density at radius 1 is 0.844 bits per heavy atom. The van der Waals surface area contributed by atoms with E-state index in [0.29, 0.717) is 11.1 Å². The van der Waals surface area contributed by atoms with E-state index in [9.17, 15) is 14.4 Å². The first kappa shape index (κ1) is 18.9. The van der Waals surface area contributed by atoms with Gasteiger partial charge in [-0.05, 0) is 23.6 Å². The van der Waals surface area contributed by atoms with Gasteiger partial charge >= 0.3 is 0 Å². The Labute approximate surface area is 185 Å². The van der Waals surface area contributed by atoms with E-state index in [2.05, 4.69) is 5.10 Å². The molecule has 0 radical (unpaired) electrons. The number of hydrazone groups is 1. The van der Waals surface area contributed by atoms with Gasteiger partial charge < -0.3 is 0 Å². The molecule has 6 rings (SSSR count). The molecule has 1 fully saturated rings. The van der Waals surface area contributed by atoms with E-state index in [1.165, 1.54) is 6.92 Å². The van der Waals surface area contributed by atoms with Crippen LogP contribution >= 0.6 is 0 Å². The first-order valence-corrected chi connectivity index (χ1v) is 10.7. The second-order valence-electron chi connectivity index (χ2n) is 8.67. The van der Waals surface area contributed by atoms with Crippen molar-refractivity contribution >= 4 is 23.6 Å². The summed E-state index contributed by atoms with van der Waals surface area (Å²) < 4.78 is 0. The van der Waals surface area contributed by atoms with Crippen LogP contribution in [0.15, 0.2) is 84.0 Å². The third-order valence-electron chi connectivity index (χ3n) is 7.15. The molecule has 0 N–H and O–H groups in total. The fourth-order valence-corrected chi connectivity index (χ4v) is 5.96. The van der Waals surface area contributed by atoms with Gasteiger partial charge in [0.2, 0.25) is 0 Å². The van der Waals surface area contributed by atoms with Gasteiger partial charge in [-0.15, -0.1) is 0 Å². The van der Waals surface area contributed by atoms with E-state index in [1.807, 2.05) is 54.6 Å². The molecule has 156 valence electrons. The van der Waals surface area contributed by atoms with Gasteiger partial charge in [-0.2, -0.15) is 5.10 Å². The molecule has 3 aromatic carbocycles. The van der Waals surface area contributed by atoms with Crippen molar-refractivity contribution in [2.75, 3.05) is 0 Å². The lowest BCUT2D eigenvalue weighted by atomic mass is 9.63. The van der Waals surface area contributed by atoms with E-state index in [1.54, 1.807) is 35.5 Å². The predicted molar refractivity (Wildman–Crippen MR) is 120 cm³/mol. The van der Waals surface area contributed by atoms with E-state index < -0.39 is 23.4 Å². The van der Waals surface area contributed by atoms with Crippen LogP contribution in [0, 0.1) is 5.41 Å². The van der Waals surface area contributed by atoms with Crippen LogP contribution in [0.4, 0.5) is 0 Å². The van der Waals surface area contributed by atoms with Crippen molar-refractivity contribution in [3.63, 3.8) is 0 Å². The van der Waals surface area contributed by atoms with Crippen LogP contribution in [0.25, 0.3) is 0 Å². The van der Waals surface area contributed by atoms with E-state index in [-0.39, 0.29) is 17.3 Å². The van der Waals surface area contributed by atoms with Crippen LogP contribution in [0.5, 0.6) is 0 Å². The van der Waals surface area contributed by atoms with Gasteiger partial charge in [0.1, 0.15) is 11.5 Å². The lowest BCUT2D eigenvalue weighted by Crippen LogP contribution is -2.43. The molecule has 1 unspecified atom stereocenters. The number of Topliss-reactive ketones (excluding diaryl/α,β-unsaturated/α-hetero) is 3. The van der Waals surface area contributed by atoms with Gasteiger partial charge in [0.05, 0.1) is 12.3 Å². The Hall–Kier alpha value is -3.86. The Kier molecular flexibility index (Phi) is 3.87. The fourth-order valence-electron chi connectivity index (χ4n) is 5.96. The van der Waals surface area contributed by atoms with Crippen molar-refractivity contribution in [2.45, 2.75) is 24.9 Å². The number of ketones is 3. The van der Waals surface area contributed by atoms with Gasteiger partial charge in [0.25, 0.3) is 0 Å². The van der Waals surface area contributed by atoms with E-state index in [4.69, 9.17) is 0 Å². The van der Waals surface area contributed by atoms with Crippen molar-refractivity contribution in [3.05, 3.63) is 107 Å². The molecule has 0 saturated carbocycles. The van der Waals surface area contributed by atoms with Gasteiger partial charge in [-0.3, -0.25) is 19.4 Å². The summed E-state index contributed by atoms with van der Waals surface area (Å²) in [5, 5.41) is 6.36. The normalized spacial score (nSPS) is 24.4. The highest BCUT2D eigenvalue weighted by Gasteiger charge is 2.72. The third kappa shape index (κ3) is 2.18. The third-order valence-corrected chi connectivity index (χ3v) is 7.15. The molecule has 3 aliphatic rings. The second kappa shape index (κ2) is 6.57. The first-order chi connectivity index (χ1) is 15.6. The van der Waals surface area contributed by atoms with Crippen LogP contribution in [0.2, 0.25) is 0 Å². The lowest BCUT2D eigenvalue weighted by molar-refractivity contribution is -0.122. The maximum Gasteiger partial charge on any atom is 0.180 e. The highest BCUT2D eigenvalue weighted by atomic mass is 16.2. The van der Waals surface area contributed by atoms with E-state index >= 15 is 0 Å². The molecule has 1 saturated heterocycles. The summed E-state index contributed by atoms with van der Waals surface area (Å²) in [6, 6.07) is 22.7.